The molecule has 0 radical (unpaired) electrons. The van der Waals surface area contributed by atoms with Gasteiger partial charge in [-0.2, -0.15) is 5.10 Å². The van der Waals surface area contributed by atoms with E-state index in [0.717, 1.165) is 36.8 Å². The van der Waals surface area contributed by atoms with Crippen molar-refractivity contribution in [3.8, 4) is 11.5 Å². The van der Waals surface area contributed by atoms with Crippen LogP contribution in [0.25, 0.3) is 17.0 Å². The van der Waals surface area contributed by atoms with Crippen LogP contribution in [0.5, 0.6) is 0 Å². The molecule has 31 heavy (non-hydrogen) atoms. The number of rotatable bonds is 6. The Morgan fingerprint density at radius 3 is 2.68 bits per heavy atom. The summed E-state index contributed by atoms with van der Waals surface area (Å²) in [6.07, 6.45) is 9.00. The molecule has 1 amide bonds. The van der Waals surface area contributed by atoms with Crippen LogP contribution in [0.2, 0.25) is 0 Å². The molecule has 2 saturated carbocycles. The summed E-state index contributed by atoms with van der Waals surface area (Å²) in [7, 11) is 0. The minimum absolute atomic E-state index is 0.0964. The molecule has 2 fully saturated rings. The van der Waals surface area contributed by atoms with Gasteiger partial charge in [0, 0.05) is 18.3 Å². The number of nitrogens with two attached hydrogens (primary N) is 1. The molecular weight excluding hydrogens is 394 g/mol. The lowest BCUT2D eigenvalue weighted by Gasteiger charge is -2.33. The molecule has 5 rings (SSSR count). The molecule has 3 aromatic rings. The van der Waals surface area contributed by atoms with Crippen LogP contribution in [-0.4, -0.2) is 37.8 Å². The molecule has 0 saturated heterocycles. The van der Waals surface area contributed by atoms with Crippen LogP contribution in [0.4, 0.5) is 11.7 Å². The number of nitrogens with one attached hydrogen (secondary N) is 2. The van der Waals surface area contributed by atoms with Gasteiger partial charge in [0.05, 0.1) is 28.5 Å². The van der Waals surface area contributed by atoms with E-state index in [2.05, 4.69) is 46.7 Å². The zero-order valence-corrected chi connectivity index (χ0v) is 18.2. The highest BCUT2D eigenvalue weighted by molar-refractivity contribution is 6.02. The van der Waals surface area contributed by atoms with E-state index in [4.69, 9.17) is 10.2 Å². The molecule has 0 aliphatic heterocycles. The molecule has 2 aliphatic rings. The maximum Gasteiger partial charge on any atom is 0.315 e. The third-order valence-corrected chi connectivity index (χ3v) is 7.38. The minimum Gasteiger partial charge on any atom is -0.403 e. The van der Waals surface area contributed by atoms with Gasteiger partial charge in [-0.05, 0) is 49.5 Å². The molecule has 2 unspecified atom stereocenters. The van der Waals surface area contributed by atoms with Gasteiger partial charge in [-0.3, -0.25) is 4.79 Å². The standard InChI is InChI=1S/C22H29N7O2/c1-12-7-8-17(22(12,2)3)26-18-15(19(23)30)10-24-29-11-13(9-16(18)29)20-27-28-21(31-20)25-14-5-4-6-14/h9-12,14,17,26H,4-8H2,1-3H3,(H2,23,30)(H,25,28). The SMILES string of the molecule is CC1CCC(Nc2c(C(N)=O)cnn3cc(-c4nnc(NC5CCC5)o4)cc23)C1(C)C. The van der Waals surface area contributed by atoms with Crippen LogP contribution in [0.1, 0.15) is 63.2 Å². The van der Waals surface area contributed by atoms with Gasteiger partial charge in [-0.25, -0.2) is 4.52 Å². The van der Waals surface area contributed by atoms with Crippen molar-refractivity contribution < 1.29 is 9.21 Å². The maximum atomic E-state index is 12.2. The number of anilines is 2. The van der Waals surface area contributed by atoms with Gasteiger partial charge in [0.2, 0.25) is 0 Å². The minimum atomic E-state index is -0.506. The van der Waals surface area contributed by atoms with E-state index in [9.17, 15) is 4.79 Å². The molecule has 2 atom stereocenters. The Morgan fingerprint density at radius 1 is 1.23 bits per heavy atom. The highest BCUT2D eigenvalue weighted by Crippen LogP contribution is 2.44. The summed E-state index contributed by atoms with van der Waals surface area (Å²) in [6.45, 7) is 6.81. The summed E-state index contributed by atoms with van der Waals surface area (Å²) >= 11 is 0. The largest absolute Gasteiger partial charge is 0.403 e. The van der Waals surface area contributed by atoms with Gasteiger partial charge in [-0.15, -0.1) is 5.10 Å². The molecular formula is C22H29N7O2. The summed E-state index contributed by atoms with van der Waals surface area (Å²) in [4.78, 5) is 12.2. The van der Waals surface area contributed by atoms with Crippen molar-refractivity contribution in [1.29, 1.82) is 0 Å². The van der Waals surface area contributed by atoms with Crippen molar-refractivity contribution in [3.63, 3.8) is 0 Å². The van der Waals surface area contributed by atoms with Crippen LogP contribution < -0.4 is 16.4 Å². The highest BCUT2D eigenvalue weighted by Gasteiger charge is 2.41. The number of hydrogen-bond donors (Lipinski definition) is 3. The molecule has 9 heteroatoms. The predicted molar refractivity (Wildman–Crippen MR) is 118 cm³/mol. The lowest BCUT2D eigenvalue weighted by molar-refractivity contribution is 0.100. The van der Waals surface area contributed by atoms with Gasteiger partial charge in [0.15, 0.2) is 0 Å². The van der Waals surface area contributed by atoms with E-state index in [1.807, 2.05) is 12.3 Å². The van der Waals surface area contributed by atoms with Crippen molar-refractivity contribution in [3.05, 3.63) is 24.0 Å². The fraction of sp³-hybridized carbons (Fsp3) is 0.545. The number of primary amides is 1. The van der Waals surface area contributed by atoms with Crippen LogP contribution in [0.3, 0.4) is 0 Å². The number of nitrogens with zero attached hydrogens (tertiary/aromatic N) is 4. The molecule has 0 bridgehead atoms. The normalized spacial score (nSPS) is 23.1. The first-order chi connectivity index (χ1) is 14.8. The van der Waals surface area contributed by atoms with Crippen molar-refractivity contribution in [2.45, 2.75) is 65.0 Å². The smallest absolute Gasteiger partial charge is 0.315 e. The molecule has 0 spiro atoms. The number of hydrogen-bond acceptors (Lipinski definition) is 7. The topological polar surface area (TPSA) is 123 Å². The Balaban J connectivity index is 1.51. The van der Waals surface area contributed by atoms with Crippen molar-refractivity contribution in [2.75, 3.05) is 10.6 Å². The number of fused-ring (bicyclic) bond motifs is 1. The molecule has 164 valence electrons. The lowest BCUT2D eigenvalue weighted by Crippen LogP contribution is -2.35. The predicted octanol–water partition coefficient (Wildman–Crippen LogP) is 3.68. The molecule has 9 nitrogen and oxygen atoms in total. The van der Waals surface area contributed by atoms with Crippen molar-refractivity contribution >= 4 is 23.1 Å². The number of aromatic nitrogens is 4. The zero-order chi connectivity index (χ0) is 21.8. The summed E-state index contributed by atoms with van der Waals surface area (Å²) < 4.78 is 7.54. The summed E-state index contributed by atoms with van der Waals surface area (Å²) in [5.74, 6) is 0.491. The molecule has 3 aromatic heterocycles. The Labute approximate surface area is 180 Å². The summed E-state index contributed by atoms with van der Waals surface area (Å²) in [5.41, 5.74) is 8.36. The van der Waals surface area contributed by atoms with E-state index in [-0.39, 0.29) is 11.5 Å². The van der Waals surface area contributed by atoms with E-state index in [1.54, 1.807) is 4.52 Å². The van der Waals surface area contributed by atoms with Gasteiger partial charge in [0.25, 0.3) is 11.8 Å². The van der Waals surface area contributed by atoms with E-state index >= 15 is 0 Å². The first-order valence-electron chi connectivity index (χ1n) is 11.0. The van der Waals surface area contributed by atoms with Crippen LogP contribution in [-0.2, 0) is 0 Å². The second-order valence-electron chi connectivity index (χ2n) is 9.54. The highest BCUT2D eigenvalue weighted by atomic mass is 16.4. The number of carbonyl (C=O) groups excluding carboxylic acids is 1. The van der Waals surface area contributed by atoms with E-state index in [0.29, 0.717) is 35.1 Å². The van der Waals surface area contributed by atoms with Crippen LogP contribution in [0, 0.1) is 11.3 Å². The first-order valence-corrected chi connectivity index (χ1v) is 11.0. The summed E-state index contributed by atoms with van der Waals surface area (Å²) in [5, 5.41) is 19.6. The van der Waals surface area contributed by atoms with Gasteiger partial charge in [-0.1, -0.05) is 25.9 Å². The second-order valence-corrected chi connectivity index (χ2v) is 9.54. The Kier molecular flexibility index (Phi) is 4.64. The molecule has 4 N–H and O–H groups in total. The van der Waals surface area contributed by atoms with Gasteiger partial charge < -0.3 is 20.8 Å². The quantitative estimate of drug-likeness (QED) is 0.552. The number of carbonyl (C=O) groups is 1. The summed E-state index contributed by atoms with van der Waals surface area (Å²) in [6, 6.07) is 2.98. The monoisotopic (exact) mass is 423 g/mol. The third-order valence-electron chi connectivity index (χ3n) is 7.38. The molecule has 2 aliphatic carbocycles. The number of amides is 1. The van der Waals surface area contributed by atoms with Gasteiger partial charge >= 0.3 is 6.01 Å². The lowest BCUT2D eigenvalue weighted by atomic mass is 9.80. The zero-order valence-electron chi connectivity index (χ0n) is 18.2. The average molecular weight is 424 g/mol. The van der Waals surface area contributed by atoms with Crippen molar-refractivity contribution in [1.82, 2.24) is 19.8 Å². The maximum absolute atomic E-state index is 12.2. The van der Waals surface area contributed by atoms with Gasteiger partial charge in [0.1, 0.15) is 0 Å². The Morgan fingerprint density at radius 2 is 2.03 bits per heavy atom. The first kappa shape index (κ1) is 19.8. The van der Waals surface area contributed by atoms with E-state index in [1.165, 1.54) is 12.6 Å². The molecule has 3 heterocycles. The third kappa shape index (κ3) is 3.41. The van der Waals surface area contributed by atoms with E-state index < -0.39 is 5.91 Å². The van der Waals surface area contributed by atoms with Crippen molar-refractivity contribution in [2.24, 2.45) is 17.1 Å². The fourth-order valence-corrected chi connectivity index (χ4v) is 4.57. The Hall–Kier alpha value is -3.10. The Bertz CT molecular complexity index is 1130. The second kappa shape index (κ2) is 7.25. The molecule has 0 aromatic carbocycles. The fourth-order valence-electron chi connectivity index (χ4n) is 4.57. The average Bonchev–Trinajstić information content (AvgIpc) is 3.38. The van der Waals surface area contributed by atoms with Crippen LogP contribution in [0.15, 0.2) is 22.9 Å². The van der Waals surface area contributed by atoms with Crippen LogP contribution >= 0.6 is 0 Å².